The smallest absolute Gasteiger partial charge is 0.155 e. The summed E-state index contributed by atoms with van der Waals surface area (Å²) in [5.74, 6) is 2.21. The molecule has 3 atom stereocenters. The third kappa shape index (κ3) is 7.53. The highest BCUT2D eigenvalue weighted by molar-refractivity contribution is 7.62. The Hall–Kier alpha value is -5.17. The molecule has 0 amide bonds. The van der Waals surface area contributed by atoms with Gasteiger partial charge in [0.25, 0.3) is 0 Å². The van der Waals surface area contributed by atoms with Gasteiger partial charge < -0.3 is 32.5 Å². The van der Waals surface area contributed by atoms with Crippen molar-refractivity contribution in [3.05, 3.63) is 138 Å². The minimum Gasteiger partial charge on any atom is -0.497 e. The highest BCUT2D eigenvalue weighted by Gasteiger charge is 2.49. The standard InChI is InChI=1S/C46H51N4O6P/c1-32(2)57(51,33(3)4)50(27-11-25-47)41-30-44(49-28-24-40-39(23-26-48-45(40)49)42-14-10-29-54-42)56-43(41)31-55-46(34-12-8-7-9-13-34,35-15-19-37(52-5)20-16-35)36-17-21-38(53-6)22-18-36/h7-10,12-24,26,28-29,32-33,41,43-44H,11,27,30-31H2,1-6H3/t41-,43-,44+/m0/s1. The molecule has 296 valence electrons. The van der Waals surface area contributed by atoms with E-state index in [0.717, 1.165) is 50.5 Å². The number of aromatic nitrogens is 2. The van der Waals surface area contributed by atoms with Crippen LogP contribution in [0.2, 0.25) is 0 Å². The largest absolute Gasteiger partial charge is 0.497 e. The van der Waals surface area contributed by atoms with Crippen molar-refractivity contribution in [3.63, 3.8) is 0 Å². The van der Waals surface area contributed by atoms with Crippen LogP contribution >= 0.6 is 7.29 Å². The zero-order valence-electron chi connectivity index (χ0n) is 33.4. The molecular weight excluding hydrogens is 736 g/mol. The lowest BCUT2D eigenvalue weighted by molar-refractivity contribution is -0.0833. The summed E-state index contributed by atoms with van der Waals surface area (Å²) in [5.41, 5.74) is 3.01. The van der Waals surface area contributed by atoms with Crippen LogP contribution in [-0.4, -0.2) is 65.1 Å². The molecule has 0 radical (unpaired) electrons. The van der Waals surface area contributed by atoms with Gasteiger partial charge in [-0.1, -0.05) is 82.3 Å². The van der Waals surface area contributed by atoms with Gasteiger partial charge in [-0.05, 0) is 65.2 Å². The van der Waals surface area contributed by atoms with E-state index >= 15 is 4.57 Å². The lowest BCUT2D eigenvalue weighted by Gasteiger charge is -2.43. The molecule has 0 N–H and O–H groups in total. The van der Waals surface area contributed by atoms with E-state index in [1.165, 1.54) is 0 Å². The molecule has 1 saturated heterocycles. The molecule has 0 bridgehead atoms. The molecule has 0 unspecified atom stereocenters. The Morgan fingerprint density at radius 2 is 1.51 bits per heavy atom. The van der Waals surface area contributed by atoms with E-state index in [2.05, 4.69) is 27.4 Å². The number of fused-ring (bicyclic) bond motifs is 1. The minimum atomic E-state index is -3.06. The van der Waals surface area contributed by atoms with Crippen molar-refractivity contribution in [1.29, 1.82) is 5.26 Å². The first kappa shape index (κ1) is 40.0. The molecule has 1 aliphatic heterocycles. The van der Waals surface area contributed by atoms with Crippen molar-refractivity contribution < 1.29 is 27.9 Å². The molecular formula is C46H51N4O6P. The molecule has 6 aromatic rings. The van der Waals surface area contributed by atoms with Crippen LogP contribution in [0.25, 0.3) is 22.4 Å². The number of hydrogen-bond donors (Lipinski definition) is 0. The third-order valence-corrected chi connectivity index (χ3v) is 15.5. The molecule has 57 heavy (non-hydrogen) atoms. The van der Waals surface area contributed by atoms with E-state index < -0.39 is 25.2 Å². The van der Waals surface area contributed by atoms with Crippen LogP contribution < -0.4 is 9.47 Å². The van der Waals surface area contributed by atoms with Crippen molar-refractivity contribution in [2.45, 2.75) is 75.8 Å². The minimum absolute atomic E-state index is 0.137. The van der Waals surface area contributed by atoms with Crippen molar-refractivity contribution in [1.82, 2.24) is 14.2 Å². The maximum Gasteiger partial charge on any atom is 0.155 e. The number of benzene rings is 3. The molecule has 1 fully saturated rings. The summed E-state index contributed by atoms with van der Waals surface area (Å²) in [6.07, 6.45) is 5.16. The van der Waals surface area contributed by atoms with E-state index in [-0.39, 0.29) is 30.4 Å². The zero-order valence-corrected chi connectivity index (χ0v) is 34.3. The predicted molar refractivity (Wildman–Crippen MR) is 223 cm³/mol. The zero-order chi connectivity index (χ0) is 40.2. The summed E-state index contributed by atoms with van der Waals surface area (Å²) in [4.78, 5) is 4.82. The molecule has 0 aliphatic carbocycles. The van der Waals surface area contributed by atoms with E-state index in [0.29, 0.717) is 13.0 Å². The fourth-order valence-electron chi connectivity index (χ4n) is 8.48. The van der Waals surface area contributed by atoms with Crippen LogP contribution in [0.4, 0.5) is 0 Å². The molecule has 11 heteroatoms. The molecule has 10 nitrogen and oxygen atoms in total. The van der Waals surface area contributed by atoms with Crippen molar-refractivity contribution in [3.8, 4) is 28.9 Å². The summed E-state index contributed by atoms with van der Waals surface area (Å²) >= 11 is 0. The number of furan rings is 1. The molecule has 1 aliphatic rings. The van der Waals surface area contributed by atoms with Crippen LogP contribution in [0.3, 0.4) is 0 Å². The van der Waals surface area contributed by atoms with Gasteiger partial charge in [0.2, 0.25) is 0 Å². The van der Waals surface area contributed by atoms with Gasteiger partial charge in [0.05, 0.1) is 39.3 Å². The second kappa shape index (κ2) is 17.1. The number of ether oxygens (including phenoxy) is 4. The molecule has 3 aromatic carbocycles. The van der Waals surface area contributed by atoms with Gasteiger partial charge in [-0.15, -0.1) is 0 Å². The van der Waals surface area contributed by atoms with E-state index in [4.69, 9.17) is 28.3 Å². The van der Waals surface area contributed by atoms with Gasteiger partial charge in [-0.25, -0.2) is 9.65 Å². The quantitative estimate of drug-likeness (QED) is 0.0699. The number of methoxy groups -OCH3 is 2. The third-order valence-electron chi connectivity index (χ3n) is 11.3. The fourth-order valence-corrected chi connectivity index (χ4v) is 12.0. The second-order valence-corrected chi connectivity index (χ2v) is 18.9. The molecule has 0 saturated carbocycles. The summed E-state index contributed by atoms with van der Waals surface area (Å²) in [6, 6.07) is 35.8. The lowest BCUT2D eigenvalue weighted by Crippen LogP contribution is -2.46. The lowest BCUT2D eigenvalue weighted by atomic mass is 9.80. The van der Waals surface area contributed by atoms with Gasteiger partial charge in [-0.3, -0.25) is 0 Å². The molecule has 7 rings (SSSR count). The van der Waals surface area contributed by atoms with Crippen LogP contribution in [0.15, 0.2) is 126 Å². The number of hydrogen-bond acceptors (Lipinski definition) is 8. The normalized spacial score (nSPS) is 17.4. The first-order valence-electron chi connectivity index (χ1n) is 19.5. The molecule has 3 aromatic heterocycles. The summed E-state index contributed by atoms with van der Waals surface area (Å²) < 4.78 is 51.0. The van der Waals surface area contributed by atoms with Crippen LogP contribution in [0.5, 0.6) is 11.5 Å². The van der Waals surface area contributed by atoms with Gasteiger partial charge in [-0.2, -0.15) is 5.26 Å². The maximum atomic E-state index is 15.4. The molecule has 4 heterocycles. The van der Waals surface area contributed by atoms with Gasteiger partial charge in [0, 0.05) is 60.1 Å². The van der Waals surface area contributed by atoms with Crippen molar-refractivity contribution >= 4 is 18.3 Å². The van der Waals surface area contributed by atoms with Crippen molar-refractivity contribution in [2.75, 3.05) is 27.4 Å². The Morgan fingerprint density at radius 1 is 0.877 bits per heavy atom. The topological polar surface area (TPSA) is 112 Å². The van der Waals surface area contributed by atoms with Crippen LogP contribution in [0, 0.1) is 11.3 Å². The van der Waals surface area contributed by atoms with Gasteiger partial charge in [0.15, 0.2) is 7.29 Å². The number of nitrogens with zero attached hydrogens (tertiary/aromatic N) is 4. The maximum absolute atomic E-state index is 15.4. The average molecular weight is 787 g/mol. The highest BCUT2D eigenvalue weighted by Crippen LogP contribution is 2.61. The predicted octanol–water partition coefficient (Wildman–Crippen LogP) is 10.3. The summed E-state index contributed by atoms with van der Waals surface area (Å²) in [5, 5.41) is 10.8. The number of pyridine rings is 1. The Bertz CT molecular complexity index is 2260. The van der Waals surface area contributed by atoms with Crippen LogP contribution in [0.1, 0.15) is 63.5 Å². The van der Waals surface area contributed by atoms with Gasteiger partial charge >= 0.3 is 0 Å². The molecule has 0 spiro atoms. The Kier molecular flexibility index (Phi) is 12.0. The first-order chi connectivity index (χ1) is 27.6. The Morgan fingerprint density at radius 3 is 2.07 bits per heavy atom. The first-order valence-corrected chi connectivity index (χ1v) is 21.3. The van der Waals surface area contributed by atoms with Crippen molar-refractivity contribution in [2.24, 2.45) is 0 Å². The average Bonchev–Trinajstić information content (AvgIpc) is 4.03. The van der Waals surface area contributed by atoms with E-state index in [1.807, 2.05) is 125 Å². The highest BCUT2D eigenvalue weighted by atomic mass is 31.2. The summed E-state index contributed by atoms with van der Waals surface area (Å²) in [7, 11) is 0.248. The van der Waals surface area contributed by atoms with E-state index in [9.17, 15) is 5.26 Å². The van der Waals surface area contributed by atoms with Gasteiger partial charge in [0.1, 0.15) is 34.7 Å². The SMILES string of the molecule is COc1ccc(C(OC[C@@H]2O[C@@H](n3ccc4c(-c5ccco5)ccnc43)C[C@@H]2N(CCC#N)P(=O)(C(C)C)C(C)C)(c2ccccc2)c2ccc(OC)cc2)cc1. The summed E-state index contributed by atoms with van der Waals surface area (Å²) in [6.45, 7) is 8.56. The second-order valence-electron chi connectivity index (χ2n) is 15.0. The Labute approximate surface area is 335 Å². The monoisotopic (exact) mass is 786 g/mol. The van der Waals surface area contributed by atoms with Crippen LogP contribution in [-0.2, 0) is 19.6 Å². The Balaban J connectivity index is 1.36. The number of rotatable bonds is 16. The fraction of sp³-hybridized carbons (Fsp3) is 0.348. The van der Waals surface area contributed by atoms with E-state index in [1.54, 1.807) is 26.7 Å². The number of nitriles is 1.